The molecule has 0 aliphatic rings. The average Bonchev–Trinajstić information content (AvgIpc) is 2.52. The van der Waals surface area contributed by atoms with Crippen LogP contribution in [0.25, 0.3) is 0 Å². The van der Waals surface area contributed by atoms with E-state index >= 15 is 0 Å². The molecule has 0 radical (unpaired) electrons. The van der Waals surface area contributed by atoms with E-state index in [0.717, 1.165) is 0 Å². The fourth-order valence-electron chi connectivity index (χ4n) is 1.63. The van der Waals surface area contributed by atoms with Crippen molar-refractivity contribution in [1.29, 1.82) is 0 Å². The SMILES string of the molecule is O=C(NNC(=O)c1ccccc1Cl)c1ccc([N+](=O)[O-])cc1. The van der Waals surface area contributed by atoms with E-state index in [9.17, 15) is 19.7 Å². The minimum Gasteiger partial charge on any atom is -0.267 e. The third-order valence-electron chi connectivity index (χ3n) is 2.75. The number of rotatable bonds is 3. The Labute approximate surface area is 130 Å². The fourth-order valence-corrected chi connectivity index (χ4v) is 1.85. The first-order chi connectivity index (χ1) is 10.5. The van der Waals surface area contributed by atoms with Crippen LogP contribution in [0.4, 0.5) is 5.69 Å². The molecule has 0 heterocycles. The number of nitrogens with one attached hydrogen (secondary N) is 2. The molecule has 0 fully saturated rings. The number of nitro benzene ring substituents is 1. The number of non-ortho nitro benzene ring substituents is 1. The van der Waals surface area contributed by atoms with Crippen molar-refractivity contribution in [3.05, 3.63) is 74.8 Å². The molecule has 0 aromatic heterocycles. The first-order valence-electron chi connectivity index (χ1n) is 6.08. The molecule has 7 nitrogen and oxygen atoms in total. The van der Waals surface area contributed by atoms with Crippen LogP contribution in [0, 0.1) is 10.1 Å². The van der Waals surface area contributed by atoms with Crippen molar-refractivity contribution in [2.75, 3.05) is 0 Å². The van der Waals surface area contributed by atoms with Crippen molar-refractivity contribution < 1.29 is 14.5 Å². The first-order valence-corrected chi connectivity index (χ1v) is 6.46. The molecule has 0 saturated heterocycles. The number of benzene rings is 2. The lowest BCUT2D eigenvalue weighted by atomic mass is 10.2. The van der Waals surface area contributed by atoms with E-state index in [4.69, 9.17) is 11.6 Å². The molecular formula is C14H10ClN3O4. The lowest BCUT2D eigenvalue weighted by molar-refractivity contribution is -0.384. The molecule has 2 amide bonds. The van der Waals surface area contributed by atoms with Crippen LogP contribution in [0.1, 0.15) is 20.7 Å². The van der Waals surface area contributed by atoms with Gasteiger partial charge in [0, 0.05) is 17.7 Å². The van der Waals surface area contributed by atoms with Gasteiger partial charge in [0.05, 0.1) is 15.5 Å². The van der Waals surface area contributed by atoms with Crippen LogP contribution in [0.5, 0.6) is 0 Å². The van der Waals surface area contributed by atoms with Crippen molar-refractivity contribution in [2.45, 2.75) is 0 Å². The lowest BCUT2D eigenvalue weighted by Crippen LogP contribution is -2.41. The second-order valence-corrected chi connectivity index (χ2v) is 4.60. The highest BCUT2D eigenvalue weighted by atomic mass is 35.5. The molecule has 2 N–H and O–H groups in total. The summed E-state index contributed by atoms with van der Waals surface area (Å²) in [5.74, 6) is -1.17. The number of carbonyl (C=O) groups excluding carboxylic acids is 2. The standard InChI is InChI=1S/C14H10ClN3O4/c15-12-4-2-1-3-11(12)14(20)17-16-13(19)9-5-7-10(8-6-9)18(21)22/h1-8H,(H,16,19)(H,17,20). The Morgan fingerprint density at radius 2 is 1.55 bits per heavy atom. The van der Waals surface area contributed by atoms with Crippen LogP contribution in [0.2, 0.25) is 5.02 Å². The number of nitro groups is 1. The van der Waals surface area contributed by atoms with Crippen molar-refractivity contribution >= 4 is 29.1 Å². The normalized spacial score (nSPS) is 9.86. The highest BCUT2D eigenvalue weighted by Gasteiger charge is 2.12. The average molecular weight is 320 g/mol. The van der Waals surface area contributed by atoms with Gasteiger partial charge < -0.3 is 0 Å². The fraction of sp³-hybridized carbons (Fsp3) is 0. The van der Waals surface area contributed by atoms with Gasteiger partial charge in [0.1, 0.15) is 0 Å². The van der Waals surface area contributed by atoms with E-state index in [1.165, 1.54) is 30.3 Å². The zero-order chi connectivity index (χ0) is 16.1. The Balaban J connectivity index is 1.99. The van der Waals surface area contributed by atoms with Gasteiger partial charge in [0.15, 0.2) is 0 Å². The largest absolute Gasteiger partial charge is 0.271 e. The highest BCUT2D eigenvalue weighted by Crippen LogP contribution is 2.14. The minimum atomic E-state index is -0.602. The zero-order valence-corrected chi connectivity index (χ0v) is 11.8. The quantitative estimate of drug-likeness (QED) is 0.669. The molecule has 2 aromatic carbocycles. The van der Waals surface area contributed by atoms with Gasteiger partial charge in [0.25, 0.3) is 17.5 Å². The summed E-state index contributed by atoms with van der Waals surface area (Å²) in [5.41, 5.74) is 4.68. The number of nitrogens with zero attached hydrogens (tertiary/aromatic N) is 1. The van der Waals surface area contributed by atoms with E-state index in [-0.39, 0.29) is 21.8 Å². The molecule has 2 aromatic rings. The lowest BCUT2D eigenvalue weighted by Gasteiger charge is -2.08. The summed E-state index contributed by atoms with van der Waals surface area (Å²) >= 11 is 5.86. The summed E-state index contributed by atoms with van der Waals surface area (Å²) in [6.07, 6.45) is 0. The highest BCUT2D eigenvalue weighted by molar-refractivity contribution is 6.33. The maximum absolute atomic E-state index is 11.8. The van der Waals surface area contributed by atoms with E-state index in [1.807, 2.05) is 0 Å². The van der Waals surface area contributed by atoms with Crippen molar-refractivity contribution in [3.63, 3.8) is 0 Å². The third kappa shape index (κ3) is 3.58. The molecule has 0 unspecified atom stereocenters. The molecule has 0 aliphatic heterocycles. The predicted molar refractivity (Wildman–Crippen MR) is 79.5 cm³/mol. The van der Waals surface area contributed by atoms with Gasteiger partial charge in [0.2, 0.25) is 0 Å². The monoisotopic (exact) mass is 319 g/mol. The molecule has 0 aliphatic carbocycles. The molecule has 22 heavy (non-hydrogen) atoms. The number of hydrazine groups is 1. The van der Waals surface area contributed by atoms with Crippen LogP contribution < -0.4 is 10.9 Å². The van der Waals surface area contributed by atoms with E-state index in [0.29, 0.717) is 0 Å². The van der Waals surface area contributed by atoms with Gasteiger partial charge in [-0.25, -0.2) is 0 Å². The first kappa shape index (κ1) is 15.5. The van der Waals surface area contributed by atoms with Crippen LogP contribution in [-0.4, -0.2) is 16.7 Å². The summed E-state index contributed by atoms with van der Waals surface area (Å²) in [4.78, 5) is 33.6. The minimum absolute atomic E-state index is 0.128. The van der Waals surface area contributed by atoms with Crippen molar-refractivity contribution in [1.82, 2.24) is 10.9 Å². The number of carbonyl (C=O) groups is 2. The molecule has 112 valence electrons. The summed E-state index contributed by atoms with van der Waals surface area (Å²) in [6, 6.07) is 11.3. The molecule has 0 atom stereocenters. The van der Waals surface area contributed by atoms with Crippen LogP contribution in [-0.2, 0) is 0 Å². The summed E-state index contributed by atoms with van der Waals surface area (Å²) < 4.78 is 0. The van der Waals surface area contributed by atoms with E-state index < -0.39 is 16.7 Å². The second kappa shape index (κ2) is 6.68. The summed E-state index contributed by atoms with van der Waals surface area (Å²) in [5, 5.41) is 10.8. The Morgan fingerprint density at radius 3 is 2.14 bits per heavy atom. The summed E-state index contributed by atoms with van der Waals surface area (Å²) in [6.45, 7) is 0. The number of hydrogen-bond acceptors (Lipinski definition) is 4. The summed E-state index contributed by atoms with van der Waals surface area (Å²) in [7, 11) is 0. The third-order valence-corrected chi connectivity index (χ3v) is 3.08. The predicted octanol–water partition coefficient (Wildman–Crippen LogP) is 2.32. The second-order valence-electron chi connectivity index (χ2n) is 4.19. The molecule has 0 spiro atoms. The van der Waals surface area contributed by atoms with Gasteiger partial charge in [-0.3, -0.25) is 30.6 Å². The maximum Gasteiger partial charge on any atom is 0.271 e. The Hall–Kier alpha value is -2.93. The van der Waals surface area contributed by atoms with Gasteiger partial charge in [-0.05, 0) is 24.3 Å². The zero-order valence-electron chi connectivity index (χ0n) is 11.1. The van der Waals surface area contributed by atoms with Gasteiger partial charge in [-0.2, -0.15) is 0 Å². The van der Waals surface area contributed by atoms with Crippen LogP contribution in [0.3, 0.4) is 0 Å². The molecular weight excluding hydrogens is 310 g/mol. The van der Waals surface area contributed by atoms with Gasteiger partial charge in [-0.15, -0.1) is 0 Å². The van der Waals surface area contributed by atoms with Crippen molar-refractivity contribution in [3.8, 4) is 0 Å². The Morgan fingerprint density at radius 1 is 0.955 bits per heavy atom. The maximum atomic E-state index is 11.8. The Kier molecular flexibility index (Phi) is 4.70. The van der Waals surface area contributed by atoms with Gasteiger partial charge in [-0.1, -0.05) is 23.7 Å². The van der Waals surface area contributed by atoms with E-state index in [1.54, 1.807) is 18.2 Å². The van der Waals surface area contributed by atoms with Crippen molar-refractivity contribution in [2.24, 2.45) is 0 Å². The van der Waals surface area contributed by atoms with Crippen LogP contribution >= 0.6 is 11.6 Å². The van der Waals surface area contributed by atoms with E-state index in [2.05, 4.69) is 10.9 Å². The van der Waals surface area contributed by atoms with Gasteiger partial charge >= 0.3 is 0 Å². The number of halogens is 1. The topological polar surface area (TPSA) is 101 Å². The molecule has 2 rings (SSSR count). The smallest absolute Gasteiger partial charge is 0.267 e. The molecule has 0 saturated carbocycles. The van der Waals surface area contributed by atoms with Crippen LogP contribution in [0.15, 0.2) is 48.5 Å². The number of amides is 2. The Bertz CT molecular complexity index is 731. The number of hydrogen-bond donors (Lipinski definition) is 2. The molecule has 8 heteroatoms. The molecule has 0 bridgehead atoms.